The monoisotopic (exact) mass is 260 g/mol. The molecule has 3 nitrogen and oxygen atoms in total. The maximum absolute atomic E-state index is 5.69. The summed E-state index contributed by atoms with van der Waals surface area (Å²) in [7, 11) is 0. The van der Waals surface area contributed by atoms with Gasteiger partial charge in [-0.25, -0.2) is 0 Å². The summed E-state index contributed by atoms with van der Waals surface area (Å²) in [6, 6.07) is 0. The molecular formula is C15H32O3. The standard InChI is InChI=1S/C15H32O3/c1-6-7-8-9-10-17-14(4)11-16-12-15(5)18-13(2)3/h13-15H,6-12H2,1-5H3. The lowest BCUT2D eigenvalue weighted by Gasteiger charge is -2.18. The van der Waals surface area contributed by atoms with Crippen LogP contribution in [0, 0.1) is 0 Å². The van der Waals surface area contributed by atoms with Crippen molar-refractivity contribution in [3.05, 3.63) is 0 Å². The van der Waals surface area contributed by atoms with Crippen LogP contribution in [0.5, 0.6) is 0 Å². The minimum absolute atomic E-state index is 0.154. The van der Waals surface area contributed by atoms with Gasteiger partial charge < -0.3 is 14.2 Å². The summed E-state index contributed by atoms with van der Waals surface area (Å²) in [5.74, 6) is 0. The Morgan fingerprint density at radius 3 is 2.11 bits per heavy atom. The molecule has 0 aromatic heterocycles. The fourth-order valence-corrected chi connectivity index (χ4v) is 1.77. The zero-order valence-corrected chi connectivity index (χ0v) is 12.9. The first-order chi connectivity index (χ1) is 8.56. The quantitative estimate of drug-likeness (QED) is 0.499. The van der Waals surface area contributed by atoms with E-state index in [9.17, 15) is 0 Å². The number of rotatable bonds is 12. The molecule has 18 heavy (non-hydrogen) atoms. The first-order valence-corrected chi connectivity index (χ1v) is 7.41. The van der Waals surface area contributed by atoms with E-state index in [2.05, 4.69) is 13.8 Å². The summed E-state index contributed by atoms with van der Waals surface area (Å²) < 4.78 is 16.9. The van der Waals surface area contributed by atoms with Gasteiger partial charge in [-0.05, 0) is 34.1 Å². The Bertz CT molecular complexity index is 171. The van der Waals surface area contributed by atoms with Crippen LogP contribution in [0.3, 0.4) is 0 Å². The van der Waals surface area contributed by atoms with E-state index in [0.717, 1.165) is 13.0 Å². The lowest BCUT2D eigenvalue weighted by atomic mass is 10.2. The van der Waals surface area contributed by atoms with Gasteiger partial charge in [0, 0.05) is 6.61 Å². The van der Waals surface area contributed by atoms with Crippen LogP contribution in [0.25, 0.3) is 0 Å². The predicted octanol–water partition coefficient (Wildman–Crippen LogP) is 3.80. The van der Waals surface area contributed by atoms with Crippen LogP contribution < -0.4 is 0 Å². The molecule has 0 heterocycles. The molecule has 0 radical (unpaired) electrons. The van der Waals surface area contributed by atoms with Crippen LogP contribution >= 0.6 is 0 Å². The molecule has 3 heteroatoms. The molecule has 0 N–H and O–H groups in total. The minimum Gasteiger partial charge on any atom is -0.376 e. The van der Waals surface area contributed by atoms with E-state index >= 15 is 0 Å². The Hall–Kier alpha value is -0.120. The van der Waals surface area contributed by atoms with Gasteiger partial charge >= 0.3 is 0 Å². The van der Waals surface area contributed by atoms with Crippen molar-refractivity contribution in [3.8, 4) is 0 Å². The molecule has 0 aliphatic rings. The van der Waals surface area contributed by atoms with E-state index < -0.39 is 0 Å². The maximum atomic E-state index is 5.69. The summed E-state index contributed by atoms with van der Waals surface area (Å²) in [4.78, 5) is 0. The smallest absolute Gasteiger partial charge is 0.0783 e. The van der Waals surface area contributed by atoms with E-state index in [1.54, 1.807) is 0 Å². The van der Waals surface area contributed by atoms with Gasteiger partial charge in [0.05, 0.1) is 31.5 Å². The van der Waals surface area contributed by atoms with Gasteiger partial charge in [0.25, 0.3) is 0 Å². The number of unbranched alkanes of at least 4 members (excludes halogenated alkanes) is 3. The Morgan fingerprint density at radius 1 is 0.833 bits per heavy atom. The van der Waals surface area contributed by atoms with Crippen molar-refractivity contribution in [2.45, 2.75) is 78.6 Å². The second-order valence-electron chi connectivity index (χ2n) is 5.27. The molecule has 0 fully saturated rings. The van der Waals surface area contributed by atoms with Gasteiger partial charge in [-0.15, -0.1) is 0 Å². The van der Waals surface area contributed by atoms with Crippen LogP contribution in [0.2, 0.25) is 0 Å². The fraction of sp³-hybridized carbons (Fsp3) is 1.00. The normalized spacial score (nSPS) is 15.0. The topological polar surface area (TPSA) is 27.7 Å². The molecule has 0 saturated heterocycles. The van der Waals surface area contributed by atoms with E-state index in [0.29, 0.717) is 13.2 Å². The van der Waals surface area contributed by atoms with Crippen LogP contribution in [0.15, 0.2) is 0 Å². The fourth-order valence-electron chi connectivity index (χ4n) is 1.77. The third kappa shape index (κ3) is 12.3. The minimum atomic E-state index is 0.154. The highest BCUT2D eigenvalue weighted by Gasteiger charge is 2.07. The van der Waals surface area contributed by atoms with E-state index in [1.165, 1.54) is 19.3 Å². The third-order valence-corrected chi connectivity index (χ3v) is 2.61. The van der Waals surface area contributed by atoms with Crippen LogP contribution in [-0.4, -0.2) is 38.1 Å². The van der Waals surface area contributed by atoms with Crippen molar-refractivity contribution < 1.29 is 14.2 Å². The van der Waals surface area contributed by atoms with Gasteiger partial charge in [0.2, 0.25) is 0 Å². The average molecular weight is 260 g/mol. The molecule has 2 unspecified atom stereocenters. The van der Waals surface area contributed by atoms with E-state index in [4.69, 9.17) is 14.2 Å². The zero-order chi connectivity index (χ0) is 13.8. The molecule has 0 aliphatic heterocycles. The molecule has 2 atom stereocenters. The maximum Gasteiger partial charge on any atom is 0.0783 e. The van der Waals surface area contributed by atoms with Gasteiger partial charge in [-0.2, -0.15) is 0 Å². The molecule has 0 rings (SSSR count). The van der Waals surface area contributed by atoms with Gasteiger partial charge in [0.15, 0.2) is 0 Å². The van der Waals surface area contributed by atoms with Crippen molar-refractivity contribution in [1.82, 2.24) is 0 Å². The van der Waals surface area contributed by atoms with Crippen molar-refractivity contribution in [1.29, 1.82) is 0 Å². The first kappa shape index (κ1) is 17.9. The van der Waals surface area contributed by atoms with Gasteiger partial charge in [0.1, 0.15) is 0 Å². The Kier molecular flexibility index (Phi) is 11.9. The van der Waals surface area contributed by atoms with Crippen LogP contribution in [0.1, 0.15) is 60.3 Å². The number of ether oxygens (including phenoxy) is 3. The molecule has 0 aromatic rings. The lowest BCUT2D eigenvalue weighted by Crippen LogP contribution is -2.24. The Morgan fingerprint density at radius 2 is 1.50 bits per heavy atom. The van der Waals surface area contributed by atoms with Crippen molar-refractivity contribution in [2.24, 2.45) is 0 Å². The van der Waals surface area contributed by atoms with Gasteiger partial charge in [-0.1, -0.05) is 26.2 Å². The first-order valence-electron chi connectivity index (χ1n) is 7.41. The Balaban J connectivity index is 3.33. The summed E-state index contributed by atoms with van der Waals surface area (Å²) >= 11 is 0. The number of hydrogen-bond acceptors (Lipinski definition) is 3. The molecular weight excluding hydrogens is 228 g/mol. The van der Waals surface area contributed by atoms with Gasteiger partial charge in [-0.3, -0.25) is 0 Å². The Labute approximate surface area is 113 Å². The summed E-state index contributed by atoms with van der Waals surface area (Å²) in [6.45, 7) is 12.5. The van der Waals surface area contributed by atoms with Crippen molar-refractivity contribution >= 4 is 0 Å². The molecule has 0 saturated carbocycles. The zero-order valence-electron chi connectivity index (χ0n) is 12.9. The molecule has 0 aromatic carbocycles. The average Bonchev–Trinajstić information content (AvgIpc) is 2.27. The van der Waals surface area contributed by atoms with Crippen LogP contribution in [-0.2, 0) is 14.2 Å². The second kappa shape index (κ2) is 11.9. The molecule has 0 amide bonds. The van der Waals surface area contributed by atoms with Crippen molar-refractivity contribution in [3.63, 3.8) is 0 Å². The number of hydrogen-bond donors (Lipinski definition) is 0. The second-order valence-corrected chi connectivity index (χ2v) is 5.27. The van der Waals surface area contributed by atoms with E-state index in [-0.39, 0.29) is 18.3 Å². The summed E-state index contributed by atoms with van der Waals surface area (Å²) in [6.07, 6.45) is 5.59. The highest BCUT2D eigenvalue weighted by atomic mass is 16.6. The predicted molar refractivity (Wildman–Crippen MR) is 76.1 cm³/mol. The molecule has 0 bridgehead atoms. The molecule has 110 valence electrons. The summed E-state index contributed by atoms with van der Waals surface area (Å²) in [5, 5.41) is 0. The third-order valence-electron chi connectivity index (χ3n) is 2.61. The molecule has 0 spiro atoms. The van der Waals surface area contributed by atoms with E-state index in [1.807, 2.05) is 20.8 Å². The van der Waals surface area contributed by atoms with Crippen molar-refractivity contribution in [2.75, 3.05) is 19.8 Å². The SMILES string of the molecule is CCCCCCOC(C)COCC(C)OC(C)C. The molecule has 0 aliphatic carbocycles. The summed E-state index contributed by atoms with van der Waals surface area (Å²) in [5.41, 5.74) is 0. The largest absolute Gasteiger partial charge is 0.376 e. The van der Waals surface area contributed by atoms with Crippen LogP contribution in [0.4, 0.5) is 0 Å². The highest BCUT2D eigenvalue weighted by molar-refractivity contribution is 4.53. The highest BCUT2D eigenvalue weighted by Crippen LogP contribution is 2.02. The lowest BCUT2D eigenvalue weighted by molar-refractivity contribution is -0.0616.